The first-order valence-corrected chi connectivity index (χ1v) is 13.2. The largest absolute Gasteiger partial charge is 0.464 e. The molecule has 1 aliphatic heterocycles. The van der Waals surface area contributed by atoms with E-state index in [1.165, 1.54) is 12.5 Å². The summed E-state index contributed by atoms with van der Waals surface area (Å²) < 4.78 is 12.4. The predicted molar refractivity (Wildman–Crippen MR) is 110 cm³/mol. The van der Waals surface area contributed by atoms with Crippen LogP contribution in [-0.2, 0) is 18.8 Å². The molecule has 0 aromatic rings. The summed E-state index contributed by atoms with van der Waals surface area (Å²) in [6, 6.07) is 0. The molecule has 1 heterocycles. The molecule has 2 atom stereocenters. The molecule has 2 aliphatic rings. The summed E-state index contributed by atoms with van der Waals surface area (Å²) in [6.45, 7) is 14.9. The quantitative estimate of drug-likeness (QED) is 0.537. The van der Waals surface area contributed by atoms with Crippen molar-refractivity contribution in [1.82, 2.24) is 5.32 Å². The molecule has 2 rings (SSSR count). The normalized spacial score (nSPS) is 25.7. The van der Waals surface area contributed by atoms with Crippen molar-refractivity contribution in [2.75, 3.05) is 6.61 Å². The van der Waals surface area contributed by atoms with Crippen LogP contribution in [0.1, 0.15) is 66.7 Å². The van der Waals surface area contributed by atoms with Gasteiger partial charge < -0.3 is 14.5 Å². The van der Waals surface area contributed by atoms with Gasteiger partial charge in [-0.15, -0.1) is 0 Å². The number of carbonyl (C=O) groups excluding carboxylic acids is 2. The lowest BCUT2D eigenvalue weighted by Crippen LogP contribution is -2.66. The highest BCUT2D eigenvalue weighted by Crippen LogP contribution is 2.44. The Morgan fingerprint density at radius 1 is 1.30 bits per heavy atom. The zero-order valence-corrected chi connectivity index (χ0v) is 19.1. The summed E-state index contributed by atoms with van der Waals surface area (Å²) in [5.74, 6) is -0.391. The molecule has 154 valence electrons. The number of nitrogens with one attached hydrogen (secondary N) is 1. The first-order valence-electron chi connectivity index (χ1n) is 10.3. The number of carbonyl (C=O) groups is 2. The first-order chi connectivity index (χ1) is 12.5. The summed E-state index contributed by atoms with van der Waals surface area (Å²) in [5.41, 5.74) is -0.495. The maximum Gasteiger partial charge on any atom is 0.338 e. The average molecular weight is 396 g/mol. The standard InChI is InChI=1S/C21H37NO4Si/c1-8-25-19(24)21(15(2)14-17(23)22-21)18(16-12-10-9-11-13-16)26-27(6,7)20(3,4)5/h14,16,18H,8-13H2,1-7H3,(H,22,23)/t18-,21+/m1/s1. The second-order valence-corrected chi connectivity index (χ2v) is 14.3. The van der Waals surface area contributed by atoms with E-state index in [1.807, 2.05) is 6.92 Å². The minimum atomic E-state index is -2.17. The molecule has 0 bridgehead atoms. The van der Waals surface area contributed by atoms with Crippen LogP contribution in [0.3, 0.4) is 0 Å². The fourth-order valence-corrected chi connectivity index (χ4v) is 5.33. The number of ether oxygens (including phenoxy) is 1. The van der Waals surface area contributed by atoms with Crippen LogP contribution in [0.5, 0.6) is 0 Å². The lowest BCUT2D eigenvalue weighted by atomic mass is 9.74. The fraction of sp³-hybridized carbons (Fsp3) is 0.810. The van der Waals surface area contributed by atoms with Gasteiger partial charge >= 0.3 is 5.97 Å². The van der Waals surface area contributed by atoms with Crippen molar-refractivity contribution in [1.29, 1.82) is 0 Å². The van der Waals surface area contributed by atoms with E-state index in [4.69, 9.17) is 9.16 Å². The maximum atomic E-state index is 13.2. The number of hydrogen-bond acceptors (Lipinski definition) is 4. The topological polar surface area (TPSA) is 64.6 Å². The Kier molecular flexibility index (Phi) is 6.62. The number of rotatable bonds is 6. The second kappa shape index (κ2) is 8.07. The van der Waals surface area contributed by atoms with Gasteiger partial charge in [0.15, 0.2) is 13.9 Å². The Morgan fingerprint density at radius 2 is 1.89 bits per heavy atom. The highest BCUT2D eigenvalue weighted by Gasteiger charge is 2.58. The van der Waals surface area contributed by atoms with Gasteiger partial charge in [0.1, 0.15) is 0 Å². The van der Waals surface area contributed by atoms with Gasteiger partial charge in [-0.3, -0.25) is 4.79 Å². The molecule has 0 aromatic heterocycles. The molecule has 1 saturated carbocycles. The van der Waals surface area contributed by atoms with Gasteiger partial charge in [-0.1, -0.05) is 40.0 Å². The van der Waals surface area contributed by atoms with E-state index >= 15 is 0 Å². The van der Waals surface area contributed by atoms with Gasteiger partial charge in [0.2, 0.25) is 5.91 Å². The molecule has 0 radical (unpaired) electrons. The summed E-state index contributed by atoms with van der Waals surface area (Å²) >= 11 is 0. The van der Waals surface area contributed by atoms with E-state index < -0.39 is 13.9 Å². The second-order valence-electron chi connectivity index (χ2n) is 9.54. The van der Waals surface area contributed by atoms with Gasteiger partial charge in [-0.05, 0) is 56.3 Å². The highest BCUT2D eigenvalue weighted by atomic mass is 28.4. The molecule has 1 N–H and O–H groups in total. The molecule has 6 heteroatoms. The van der Waals surface area contributed by atoms with Crippen LogP contribution in [0, 0.1) is 5.92 Å². The molecular weight excluding hydrogens is 358 g/mol. The van der Waals surface area contributed by atoms with Crippen LogP contribution in [-0.4, -0.2) is 38.4 Å². The lowest BCUT2D eigenvalue weighted by molar-refractivity contribution is -0.156. The molecule has 0 saturated heterocycles. The van der Waals surface area contributed by atoms with Crippen molar-refractivity contribution in [3.05, 3.63) is 11.6 Å². The maximum absolute atomic E-state index is 13.2. The Bertz CT molecular complexity index is 602. The minimum absolute atomic E-state index is 0.00992. The van der Waals surface area contributed by atoms with E-state index in [0.717, 1.165) is 25.7 Å². The van der Waals surface area contributed by atoms with Crippen molar-refractivity contribution >= 4 is 20.2 Å². The molecular formula is C21H37NO4Si. The summed E-state index contributed by atoms with van der Waals surface area (Å²) in [4.78, 5) is 25.5. The summed E-state index contributed by atoms with van der Waals surface area (Å²) in [6.07, 6.45) is 6.67. The van der Waals surface area contributed by atoms with Crippen LogP contribution < -0.4 is 5.32 Å². The molecule has 1 fully saturated rings. The summed E-state index contributed by atoms with van der Waals surface area (Å²) in [7, 11) is -2.17. The van der Waals surface area contributed by atoms with E-state index in [1.54, 1.807) is 6.92 Å². The fourth-order valence-electron chi connectivity index (χ4n) is 3.98. The molecule has 0 unspecified atom stereocenters. The van der Waals surface area contributed by atoms with Crippen LogP contribution in [0.2, 0.25) is 18.1 Å². The molecule has 27 heavy (non-hydrogen) atoms. The molecule has 1 aliphatic carbocycles. The Labute approximate surface area is 165 Å². The zero-order chi connectivity index (χ0) is 20.5. The van der Waals surface area contributed by atoms with Gasteiger partial charge in [-0.25, -0.2) is 4.79 Å². The minimum Gasteiger partial charge on any atom is -0.464 e. The van der Waals surface area contributed by atoms with Crippen LogP contribution in [0.4, 0.5) is 0 Å². The molecule has 5 nitrogen and oxygen atoms in total. The Balaban J connectivity index is 2.52. The molecule has 1 amide bonds. The zero-order valence-electron chi connectivity index (χ0n) is 18.1. The predicted octanol–water partition coefficient (Wildman–Crippen LogP) is 4.34. The van der Waals surface area contributed by atoms with Crippen molar-refractivity contribution in [3.8, 4) is 0 Å². The van der Waals surface area contributed by atoms with Crippen molar-refractivity contribution in [3.63, 3.8) is 0 Å². The Morgan fingerprint density at radius 3 is 2.33 bits per heavy atom. The van der Waals surface area contributed by atoms with Crippen LogP contribution >= 0.6 is 0 Å². The Hall–Kier alpha value is -1.14. The van der Waals surface area contributed by atoms with Crippen LogP contribution in [0.25, 0.3) is 0 Å². The van der Waals surface area contributed by atoms with Crippen molar-refractivity contribution < 1.29 is 18.8 Å². The molecule has 0 spiro atoms. The number of amides is 1. The highest BCUT2D eigenvalue weighted by molar-refractivity contribution is 6.74. The molecule has 0 aromatic carbocycles. The van der Waals surface area contributed by atoms with Gasteiger partial charge in [0.05, 0.1) is 12.7 Å². The van der Waals surface area contributed by atoms with Gasteiger partial charge in [-0.2, -0.15) is 0 Å². The SMILES string of the molecule is CCOC(=O)[C@]1([C@H](O[Si](C)(C)C(C)(C)C)C2CCCCC2)NC(=O)C=C1C. The first kappa shape index (κ1) is 22.1. The van der Waals surface area contributed by atoms with Crippen molar-refractivity contribution in [2.45, 2.75) is 96.5 Å². The lowest BCUT2D eigenvalue weighted by Gasteiger charge is -2.48. The third-order valence-electron chi connectivity index (χ3n) is 6.62. The van der Waals surface area contributed by atoms with Crippen molar-refractivity contribution in [2.24, 2.45) is 5.92 Å². The average Bonchev–Trinajstić information content (AvgIpc) is 2.88. The van der Waals surface area contributed by atoms with E-state index in [-0.39, 0.29) is 35.5 Å². The van der Waals surface area contributed by atoms with Gasteiger partial charge in [0.25, 0.3) is 0 Å². The number of hydrogen-bond donors (Lipinski definition) is 1. The smallest absolute Gasteiger partial charge is 0.338 e. The van der Waals surface area contributed by atoms with E-state index in [0.29, 0.717) is 5.57 Å². The van der Waals surface area contributed by atoms with E-state index in [2.05, 4.69) is 39.2 Å². The number of esters is 1. The van der Waals surface area contributed by atoms with Gasteiger partial charge in [0, 0.05) is 6.08 Å². The third-order valence-corrected chi connectivity index (χ3v) is 11.1. The third kappa shape index (κ3) is 4.32. The van der Waals surface area contributed by atoms with Crippen LogP contribution in [0.15, 0.2) is 11.6 Å². The van der Waals surface area contributed by atoms with E-state index in [9.17, 15) is 9.59 Å². The summed E-state index contributed by atoms with van der Waals surface area (Å²) in [5, 5.41) is 2.97. The monoisotopic (exact) mass is 395 g/mol.